The lowest BCUT2D eigenvalue weighted by atomic mass is 9.92. The summed E-state index contributed by atoms with van der Waals surface area (Å²) >= 11 is 2.37. The molecule has 0 aromatic heterocycles. The molecule has 0 heterocycles. The van der Waals surface area contributed by atoms with Gasteiger partial charge in [0.1, 0.15) is 0 Å². The molecular weight excluding hydrogens is 369 g/mol. The van der Waals surface area contributed by atoms with Gasteiger partial charge in [0.25, 0.3) is 0 Å². The van der Waals surface area contributed by atoms with Crippen molar-refractivity contribution in [3.8, 4) is 0 Å². The van der Waals surface area contributed by atoms with Crippen molar-refractivity contribution < 1.29 is 0 Å². The Bertz CT molecular complexity index is 828. The lowest BCUT2D eigenvalue weighted by Crippen LogP contribution is -2.13. The fraction of sp³-hybridized carbons (Fsp3) is 0.158. The standard InChI is InChI=1S/C19H16IN/c20-17-7-2-1-5-16(17)19(21)15-11-10-13-9-8-12-4-3-6-14(15)18(12)13/h1-7,10-11,19H,8-9,21H2. The van der Waals surface area contributed by atoms with E-state index >= 15 is 0 Å². The van der Waals surface area contributed by atoms with Gasteiger partial charge in [-0.2, -0.15) is 0 Å². The minimum absolute atomic E-state index is 0.0667. The highest BCUT2D eigenvalue weighted by Crippen LogP contribution is 2.36. The number of hydrogen-bond donors (Lipinski definition) is 1. The highest BCUT2D eigenvalue weighted by Gasteiger charge is 2.19. The summed E-state index contributed by atoms with van der Waals surface area (Å²) in [7, 11) is 0. The first kappa shape index (κ1) is 13.3. The van der Waals surface area contributed by atoms with E-state index in [1.807, 2.05) is 0 Å². The van der Waals surface area contributed by atoms with Crippen LogP contribution in [-0.4, -0.2) is 0 Å². The molecule has 21 heavy (non-hydrogen) atoms. The van der Waals surface area contributed by atoms with Crippen LogP contribution in [0.2, 0.25) is 0 Å². The maximum atomic E-state index is 6.60. The first-order valence-electron chi connectivity index (χ1n) is 7.29. The minimum atomic E-state index is -0.0667. The van der Waals surface area contributed by atoms with Crippen molar-refractivity contribution in [3.63, 3.8) is 0 Å². The van der Waals surface area contributed by atoms with Crippen molar-refractivity contribution in [2.45, 2.75) is 18.9 Å². The molecule has 1 atom stereocenters. The fourth-order valence-corrected chi connectivity index (χ4v) is 4.16. The molecule has 2 N–H and O–H groups in total. The summed E-state index contributed by atoms with van der Waals surface area (Å²) in [6.07, 6.45) is 2.32. The molecule has 104 valence electrons. The maximum absolute atomic E-state index is 6.60. The molecule has 0 bridgehead atoms. The van der Waals surface area contributed by atoms with Crippen molar-refractivity contribution in [1.29, 1.82) is 0 Å². The van der Waals surface area contributed by atoms with Crippen LogP contribution in [0.4, 0.5) is 0 Å². The first-order valence-corrected chi connectivity index (χ1v) is 8.37. The Labute approximate surface area is 138 Å². The summed E-state index contributed by atoms with van der Waals surface area (Å²) in [5, 5.41) is 2.77. The van der Waals surface area contributed by atoms with Gasteiger partial charge < -0.3 is 5.73 Å². The Balaban J connectivity index is 1.94. The van der Waals surface area contributed by atoms with E-state index in [1.54, 1.807) is 0 Å². The Morgan fingerprint density at radius 1 is 0.810 bits per heavy atom. The molecule has 0 saturated carbocycles. The molecule has 0 radical (unpaired) electrons. The largest absolute Gasteiger partial charge is 0.320 e. The summed E-state index contributed by atoms with van der Waals surface area (Å²) in [6, 6.07) is 19.4. The lowest BCUT2D eigenvalue weighted by Gasteiger charge is -2.17. The molecule has 0 fully saturated rings. The molecule has 3 aromatic carbocycles. The number of aryl methyl sites for hydroxylation is 2. The van der Waals surface area contributed by atoms with E-state index in [-0.39, 0.29) is 6.04 Å². The molecule has 1 aliphatic rings. The molecule has 1 nitrogen and oxygen atoms in total. The average Bonchev–Trinajstić information content (AvgIpc) is 2.93. The Morgan fingerprint density at radius 3 is 2.38 bits per heavy atom. The number of nitrogens with two attached hydrogens (primary N) is 1. The van der Waals surface area contributed by atoms with Crippen molar-refractivity contribution in [3.05, 3.63) is 80.4 Å². The summed E-state index contributed by atoms with van der Waals surface area (Å²) in [5.74, 6) is 0. The third-order valence-corrected chi connectivity index (χ3v) is 5.47. The molecule has 4 rings (SSSR count). The number of benzene rings is 3. The van der Waals surface area contributed by atoms with Gasteiger partial charge in [0.15, 0.2) is 0 Å². The zero-order valence-electron chi connectivity index (χ0n) is 11.6. The third-order valence-electron chi connectivity index (χ3n) is 4.49. The number of hydrogen-bond acceptors (Lipinski definition) is 1. The zero-order chi connectivity index (χ0) is 14.4. The van der Waals surface area contributed by atoms with Crippen LogP contribution in [0.5, 0.6) is 0 Å². The molecule has 0 aliphatic heterocycles. The predicted octanol–water partition coefficient (Wildman–Crippen LogP) is 4.59. The second-order valence-electron chi connectivity index (χ2n) is 5.65. The summed E-state index contributed by atoms with van der Waals surface area (Å²) in [4.78, 5) is 0. The monoisotopic (exact) mass is 385 g/mol. The van der Waals surface area contributed by atoms with Crippen molar-refractivity contribution in [1.82, 2.24) is 0 Å². The zero-order valence-corrected chi connectivity index (χ0v) is 13.8. The molecule has 0 saturated heterocycles. The summed E-state index contributed by atoms with van der Waals surface area (Å²) < 4.78 is 1.23. The van der Waals surface area contributed by atoms with E-state index in [9.17, 15) is 0 Å². The average molecular weight is 385 g/mol. The van der Waals surface area contributed by atoms with Gasteiger partial charge in [0.2, 0.25) is 0 Å². The fourth-order valence-electron chi connectivity index (χ4n) is 3.44. The SMILES string of the molecule is NC(c1ccccc1I)c1ccc2c3c(cccc13)CC2. The first-order chi connectivity index (χ1) is 10.3. The molecule has 1 aliphatic carbocycles. The van der Waals surface area contributed by atoms with Gasteiger partial charge in [-0.3, -0.25) is 0 Å². The molecule has 1 unspecified atom stereocenters. The van der Waals surface area contributed by atoms with Crippen LogP contribution in [0.3, 0.4) is 0 Å². The number of halogens is 1. The predicted molar refractivity (Wildman–Crippen MR) is 96.5 cm³/mol. The van der Waals surface area contributed by atoms with Gasteiger partial charge in [-0.15, -0.1) is 0 Å². The quantitative estimate of drug-likeness (QED) is 0.642. The molecule has 0 amide bonds. The topological polar surface area (TPSA) is 26.0 Å². The van der Waals surface area contributed by atoms with Crippen LogP contribution in [0.1, 0.15) is 28.3 Å². The molecule has 3 aromatic rings. The molecule has 0 spiro atoms. The summed E-state index contributed by atoms with van der Waals surface area (Å²) in [6.45, 7) is 0. The molecular formula is C19H16IN. The Hall–Kier alpha value is -1.39. The van der Waals surface area contributed by atoms with Gasteiger partial charge in [-0.1, -0.05) is 48.5 Å². The second-order valence-corrected chi connectivity index (χ2v) is 6.81. The smallest absolute Gasteiger partial charge is 0.0568 e. The highest BCUT2D eigenvalue weighted by molar-refractivity contribution is 14.1. The van der Waals surface area contributed by atoms with Gasteiger partial charge in [0.05, 0.1) is 6.04 Å². The van der Waals surface area contributed by atoms with Gasteiger partial charge in [0, 0.05) is 3.57 Å². The van der Waals surface area contributed by atoms with E-state index in [4.69, 9.17) is 5.73 Å². The number of rotatable bonds is 2. The van der Waals surface area contributed by atoms with Crippen LogP contribution < -0.4 is 5.73 Å². The van der Waals surface area contributed by atoms with E-state index in [1.165, 1.54) is 36.6 Å². The summed E-state index contributed by atoms with van der Waals surface area (Å²) in [5.41, 5.74) is 12.0. The Kier molecular flexibility index (Phi) is 3.23. The second kappa shape index (κ2) is 5.11. The van der Waals surface area contributed by atoms with Crippen molar-refractivity contribution in [2.75, 3.05) is 0 Å². The van der Waals surface area contributed by atoms with Crippen LogP contribution in [0.25, 0.3) is 10.8 Å². The van der Waals surface area contributed by atoms with Crippen molar-refractivity contribution in [2.24, 2.45) is 5.73 Å². The van der Waals surface area contributed by atoms with E-state index < -0.39 is 0 Å². The van der Waals surface area contributed by atoms with E-state index in [2.05, 4.69) is 77.2 Å². The van der Waals surface area contributed by atoms with Crippen LogP contribution in [-0.2, 0) is 12.8 Å². The minimum Gasteiger partial charge on any atom is -0.320 e. The lowest BCUT2D eigenvalue weighted by molar-refractivity contribution is 0.874. The third kappa shape index (κ3) is 2.09. The van der Waals surface area contributed by atoms with Crippen LogP contribution in [0.15, 0.2) is 54.6 Å². The van der Waals surface area contributed by atoms with Crippen molar-refractivity contribution >= 4 is 33.4 Å². The maximum Gasteiger partial charge on any atom is 0.0568 e. The van der Waals surface area contributed by atoms with Gasteiger partial charge in [-0.05, 0) is 74.5 Å². The van der Waals surface area contributed by atoms with Gasteiger partial charge in [-0.25, -0.2) is 0 Å². The molecule has 2 heteroatoms. The van der Waals surface area contributed by atoms with E-state index in [0.29, 0.717) is 0 Å². The van der Waals surface area contributed by atoms with Crippen LogP contribution in [0, 0.1) is 3.57 Å². The normalized spacial score (nSPS) is 14.6. The Morgan fingerprint density at radius 2 is 1.57 bits per heavy atom. The van der Waals surface area contributed by atoms with Crippen LogP contribution >= 0.6 is 22.6 Å². The van der Waals surface area contributed by atoms with E-state index in [0.717, 1.165) is 12.8 Å². The highest BCUT2D eigenvalue weighted by atomic mass is 127. The van der Waals surface area contributed by atoms with Gasteiger partial charge >= 0.3 is 0 Å².